The second-order valence-corrected chi connectivity index (χ2v) is 8.52. The lowest BCUT2D eigenvalue weighted by Gasteiger charge is -2.12. The van der Waals surface area contributed by atoms with Gasteiger partial charge in [-0.15, -0.1) is 0 Å². The minimum Gasteiger partial charge on any atom is -0.312 e. The molecule has 0 aromatic carbocycles. The van der Waals surface area contributed by atoms with E-state index in [1.54, 1.807) is 0 Å². The molecule has 2 rings (SSSR count). The zero-order chi connectivity index (χ0) is 15.6. The standard InChI is InChI=1S/C15H27N3O2S/c1-5-11(2)8-16-9-15-12(3)17-18(13(15)4)14-6-7-21(19,20)10-14/h11,14,16H,5-10H2,1-4H3. The zero-order valence-corrected chi connectivity index (χ0v) is 14.3. The van der Waals surface area contributed by atoms with E-state index in [1.165, 1.54) is 12.0 Å². The molecule has 1 aromatic heterocycles. The first-order valence-electron chi connectivity index (χ1n) is 7.79. The predicted molar refractivity (Wildman–Crippen MR) is 85.2 cm³/mol. The fraction of sp³-hybridized carbons (Fsp3) is 0.800. The molecule has 0 bridgehead atoms. The number of sulfone groups is 1. The third-order valence-electron chi connectivity index (χ3n) is 4.52. The van der Waals surface area contributed by atoms with E-state index in [2.05, 4.69) is 24.3 Å². The molecule has 5 nitrogen and oxygen atoms in total. The summed E-state index contributed by atoms with van der Waals surface area (Å²) in [5.74, 6) is 1.19. The van der Waals surface area contributed by atoms with E-state index in [-0.39, 0.29) is 17.5 Å². The van der Waals surface area contributed by atoms with Crippen LogP contribution in [0, 0.1) is 19.8 Å². The molecule has 0 radical (unpaired) electrons. The van der Waals surface area contributed by atoms with Crippen LogP contribution in [0.2, 0.25) is 0 Å². The highest BCUT2D eigenvalue weighted by atomic mass is 32.2. The molecule has 0 aliphatic carbocycles. The Morgan fingerprint density at radius 1 is 1.43 bits per heavy atom. The SMILES string of the molecule is CCC(C)CNCc1c(C)nn(C2CCS(=O)(=O)C2)c1C. The number of rotatable bonds is 6. The summed E-state index contributed by atoms with van der Waals surface area (Å²) in [6, 6.07) is 0.0111. The van der Waals surface area contributed by atoms with Crippen LogP contribution in [-0.4, -0.2) is 36.2 Å². The average Bonchev–Trinajstić information content (AvgIpc) is 2.91. The van der Waals surface area contributed by atoms with Crippen LogP contribution in [0.3, 0.4) is 0 Å². The van der Waals surface area contributed by atoms with Gasteiger partial charge in [0, 0.05) is 17.8 Å². The maximum absolute atomic E-state index is 11.6. The summed E-state index contributed by atoms with van der Waals surface area (Å²) in [6.45, 7) is 10.3. The van der Waals surface area contributed by atoms with Crippen LogP contribution >= 0.6 is 0 Å². The highest BCUT2D eigenvalue weighted by Gasteiger charge is 2.31. The molecule has 1 N–H and O–H groups in total. The molecule has 2 heterocycles. The summed E-state index contributed by atoms with van der Waals surface area (Å²) in [6.07, 6.45) is 1.86. The zero-order valence-electron chi connectivity index (χ0n) is 13.5. The van der Waals surface area contributed by atoms with Crippen LogP contribution in [0.15, 0.2) is 0 Å². The molecule has 0 saturated carbocycles. The molecule has 0 amide bonds. The van der Waals surface area contributed by atoms with Crippen molar-refractivity contribution in [1.29, 1.82) is 0 Å². The van der Waals surface area contributed by atoms with Gasteiger partial charge in [-0.25, -0.2) is 8.42 Å². The number of aryl methyl sites for hydroxylation is 1. The first-order valence-corrected chi connectivity index (χ1v) is 9.62. The summed E-state index contributed by atoms with van der Waals surface area (Å²) < 4.78 is 25.2. The van der Waals surface area contributed by atoms with Crippen LogP contribution in [0.1, 0.15) is 49.7 Å². The van der Waals surface area contributed by atoms with Crippen molar-refractivity contribution in [2.45, 2.75) is 53.1 Å². The van der Waals surface area contributed by atoms with Gasteiger partial charge >= 0.3 is 0 Å². The summed E-state index contributed by atoms with van der Waals surface area (Å²) in [5, 5.41) is 8.07. The Morgan fingerprint density at radius 3 is 2.71 bits per heavy atom. The van der Waals surface area contributed by atoms with Gasteiger partial charge in [0.15, 0.2) is 9.84 Å². The fourth-order valence-electron chi connectivity index (χ4n) is 2.86. The largest absolute Gasteiger partial charge is 0.312 e. The molecule has 1 aliphatic rings. The van der Waals surface area contributed by atoms with Gasteiger partial charge in [-0.2, -0.15) is 5.10 Å². The van der Waals surface area contributed by atoms with E-state index >= 15 is 0 Å². The van der Waals surface area contributed by atoms with Crippen molar-refractivity contribution in [3.63, 3.8) is 0 Å². The van der Waals surface area contributed by atoms with Gasteiger partial charge in [-0.3, -0.25) is 4.68 Å². The molecular formula is C15H27N3O2S. The van der Waals surface area contributed by atoms with Crippen molar-refractivity contribution in [2.24, 2.45) is 5.92 Å². The Morgan fingerprint density at radius 2 is 2.14 bits per heavy atom. The maximum atomic E-state index is 11.6. The lowest BCUT2D eigenvalue weighted by atomic mass is 10.1. The first kappa shape index (κ1) is 16.5. The Balaban J connectivity index is 2.07. The Hall–Kier alpha value is -0.880. The van der Waals surface area contributed by atoms with E-state index < -0.39 is 9.84 Å². The van der Waals surface area contributed by atoms with E-state index in [1.807, 2.05) is 18.5 Å². The third kappa shape index (κ3) is 3.86. The van der Waals surface area contributed by atoms with Crippen LogP contribution in [-0.2, 0) is 16.4 Å². The van der Waals surface area contributed by atoms with Gasteiger partial charge < -0.3 is 5.32 Å². The maximum Gasteiger partial charge on any atom is 0.152 e. The number of nitrogens with zero attached hydrogens (tertiary/aromatic N) is 2. The predicted octanol–water partition coefficient (Wildman–Crippen LogP) is 2.00. The molecule has 2 atom stereocenters. The van der Waals surface area contributed by atoms with Crippen LogP contribution < -0.4 is 5.32 Å². The van der Waals surface area contributed by atoms with E-state index in [0.29, 0.717) is 12.3 Å². The van der Waals surface area contributed by atoms with Crippen molar-refractivity contribution in [1.82, 2.24) is 15.1 Å². The number of hydrogen-bond acceptors (Lipinski definition) is 4. The summed E-state index contributed by atoms with van der Waals surface area (Å²) in [4.78, 5) is 0. The molecule has 0 spiro atoms. The minimum atomic E-state index is -2.87. The van der Waals surface area contributed by atoms with Crippen molar-refractivity contribution >= 4 is 9.84 Å². The highest BCUT2D eigenvalue weighted by Crippen LogP contribution is 2.26. The molecule has 1 saturated heterocycles. The second kappa shape index (κ2) is 6.48. The Bertz CT molecular complexity index is 592. The van der Waals surface area contributed by atoms with Crippen molar-refractivity contribution in [3.05, 3.63) is 17.0 Å². The number of nitrogens with one attached hydrogen (secondary N) is 1. The Labute approximate surface area is 128 Å². The first-order chi connectivity index (χ1) is 9.84. The van der Waals surface area contributed by atoms with Gasteiger partial charge in [0.25, 0.3) is 0 Å². The van der Waals surface area contributed by atoms with Gasteiger partial charge in [0.2, 0.25) is 0 Å². The molecule has 1 aromatic rings. The van der Waals surface area contributed by atoms with E-state index in [9.17, 15) is 8.42 Å². The topological polar surface area (TPSA) is 64.0 Å². The van der Waals surface area contributed by atoms with Crippen molar-refractivity contribution in [3.8, 4) is 0 Å². The molecule has 21 heavy (non-hydrogen) atoms. The minimum absolute atomic E-state index is 0.0111. The highest BCUT2D eigenvalue weighted by molar-refractivity contribution is 7.91. The quantitative estimate of drug-likeness (QED) is 0.872. The van der Waals surface area contributed by atoms with Gasteiger partial charge in [-0.05, 0) is 32.7 Å². The second-order valence-electron chi connectivity index (χ2n) is 6.30. The van der Waals surface area contributed by atoms with Crippen LogP contribution in [0.25, 0.3) is 0 Å². The van der Waals surface area contributed by atoms with Crippen LogP contribution in [0.5, 0.6) is 0 Å². The monoisotopic (exact) mass is 313 g/mol. The third-order valence-corrected chi connectivity index (χ3v) is 6.27. The number of aromatic nitrogens is 2. The normalized spacial score (nSPS) is 22.6. The molecule has 1 aliphatic heterocycles. The smallest absolute Gasteiger partial charge is 0.152 e. The lowest BCUT2D eigenvalue weighted by molar-refractivity contribution is 0.482. The Kier molecular flexibility index (Phi) is 5.09. The lowest BCUT2D eigenvalue weighted by Crippen LogP contribution is -2.21. The fourth-order valence-corrected chi connectivity index (χ4v) is 4.56. The van der Waals surface area contributed by atoms with Crippen molar-refractivity contribution < 1.29 is 8.42 Å². The van der Waals surface area contributed by atoms with Gasteiger partial charge in [-0.1, -0.05) is 20.3 Å². The van der Waals surface area contributed by atoms with Crippen LogP contribution in [0.4, 0.5) is 0 Å². The average molecular weight is 313 g/mol. The van der Waals surface area contributed by atoms with E-state index in [4.69, 9.17) is 0 Å². The molecule has 120 valence electrons. The summed E-state index contributed by atoms with van der Waals surface area (Å²) >= 11 is 0. The molecule has 1 fully saturated rings. The molecular weight excluding hydrogens is 286 g/mol. The summed E-state index contributed by atoms with van der Waals surface area (Å²) in [5.41, 5.74) is 3.32. The number of hydrogen-bond donors (Lipinski definition) is 1. The van der Waals surface area contributed by atoms with E-state index in [0.717, 1.165) is 24.5 Å². The van der Waals surface area contributed by atoms with Gasteiger partial charge in [0.05, 0.1) is 23.2 Å². The molecule has 6 heteroatoms. The molecule has 2 unspecified atom stereocenters. The summed E-state index contributed by atoms with van der Waals surface area (Å²) in [7, 11) is -2.87. The van der Waals surface area contributed by atoms with Crippen molar-refractivity contribution in [2.75, 3.05) is 18.1 Å². The van der Waals surface area contributed by atoms with Gasteiger partial charge in [0.1, 0.15) is 0 Å².